The predicted molar refractivity (Wildman–Crippen MR) is 62.4 cm³/mol. The van der Waals surface area contributed by atoms with Gasteiger partial charge in [0.05, 0.1) is 9.35 Å². The Hall–Kier alpha value is -1.21. The summed E-state index contributed by atoms with van der Waals surface area (Å²) in [5, 5.41) is 8.05. The maximum Gasteiger partial charge on any atom is 0.252 e. The summed E-state index contributed by atoms with van der Waals surface area (Å²) in [6.45, 7) is 0.481. The monoisotopic (exact) mass is 301 g/mol. The molecule has 1 amide bonds. The van der Waals surface area contributed by atoms with Gasteiger partial charge in [-0.15, -0.1) is 11.3 Å². The van der Waals surface area contributed by atoms with Crippen molar-refractivity contribution in [3.8, 4) is 0 Å². The van der Waals surface area contributed by atoms with Gasteiger partial charge in [-0.25, -0.2) is 0 Å². The first-order chi connectivity index (χ1) is 7.75. The molecule has 0 bridgehead atoms. The highest BCUT2D eigenvalue weighted by molar-refractivity contribution is 9.11. The number of nitrogens with one attached hydrogen (secondary N) is 1. The number of hydrogen-bond acceptors (Lipinski definition) is 5. The van der Waals surface area contributed by atoms with Crippen LogP contribution in [0.25, 0.3) is 0 Å². The maximum absolute atomic E-state index is 11.6. The number of halogens is 1. The molecule has 0 aliphatic heterocycles. The van der Waals surface area contributed by atoms with E-state index in [1.165, 1.54) is 17.7 Å². The summed E-state index contributed by atoms with van der Waals surface area (Å²) in [7, 11) is 0. The average molecular weight is 302 g/mol. The number of carbonyl (C=O) groups excluding carboxylic acids is 1. The molecule has 16 heavy (non-hydrogen) atoms. The van der Waals surface area contributed by atoms with Crippen LogP contribution in [0.5, 0.6) is 0 Å². The van der Waals surface area contributed by atoms with Crippen molar-refractivity contribution in [2.45, 2.75) is 6.42 Å². The Morgan fingerprint density at radius 2 is 2.50 bits per heavy atom. The number of nitrogens with zero attached hydrogens (tertiary/aromatic N) is 2. The summed E-state index contributed by atoms with van der Waals surface area (Å²) in [5.74, 6) is 0.424. The first kappa shape index (κ1) is 11.3. The first-order valence-electron chi connectivity index (χ1n) is 4.53. The normalized spacial score (nSPS) is 10.3. The molecule has 2 aromatic rings. The number of carbonyl (C=O) groups is 1. The van der Waals surface area contributed by atoms with Gasteiger partial charge in [-0.1, -0.05) is 5.16 Å². The van der Waals surface area contributed by atoms with Crippen LogP contribution in [-0.2, 0) is 6.42 Å². The van der Waals surface area contributed by atoms with Crippen LogP contribution in [0.3, 0.4) is 0 Å². The molecule has 0 unspecified atom stereocenters. The lowest BCUT2D eigenvalue weighted by Crippen LogP contribution is -2.25. The first-order valence-corrected chi connectivity index (χ1v) is 6.21. The van der Waals surface area contributed by atoms with Gasteiger partial charge in [-0.05, 0) is 22.0 Å². The molecule has 0 atom stereocenters. The molecule has 0 fully saturated rings. The second kappa shape index (κ2) is 5.22. The van der Waals surface area contributed by atoms with Gasteiger partial charge in [0.25, 0.3) is 5.91 Å². The highest BCUT2D eigenvalue weighted by Crippen LogP contribution is 2.20. The van der Waals surface area contributed by atoms with Gasteiger partial charge < -0.3 is 9.84 Å². The summed E-state index contributed by atoms with van der Waals surface area (Å²) in [6.07, 6.45) is 1.88. The largest absolute Gasteiger partial charge is 0.351 e. The van der Waals surface area contributed by atoms with Crippen molar-refractivity contribution in [2.75, 3.05) is 6.54 Å². The second-order valence-electron chi connectivity index (χ2n) is 2.98. The Morgan fingerprint density at radius 1 is 1.62 bits per heavy atom. The van der Waals surface area contributed by atoms with Crippen molar-refractivity contribution >= 4 is 33.2 Å². The van der Waals surface area contributed by atoms with Crippen molar-refractivity contribution in [3.05, 3.63) is 33.0 Å². The Kier molecular flexibility index (Phi) is 3.68. The number of hydrogen-bond donors (Lipinski definition) is 1. The quantitative estimate of drug-likeness (QED) is 0.936. The molecule has 7 heteroatoms. The van der Waals surface area contributed by atoms with E-state index in [0.29, 0.717) is 24.4 Å². The molecule has 84 valence electrons. The summed E-state index contributed by atoms with van der Waals surface area (Å²) >= 11 is 4.78. The van der Waals surface area contributed by atoms with Crippen LogP contribution in [0.2, 0.25) is 0 Å². The molecule has 0 saturated heterocycles. The zero-order valence-corrected chi connectivity index (χ0v) is 10.5. The van der Waals surface area contributed by atoms with Gasteiger partial charge in [0, 0.05) is 18.3 Å². The topological polar surface area (TPSA) is 68.0 Å². The predicted octanol–water partition coefficient (Wildman–Crippen LogP) is 1.87. The zero-order valence-electron chi connectivity index (χ0n) is 8.14. The van der Waals surface area contributed by atoms with Crippen LogP contribution < -0.4 is 5.32 Å². The van der Waals surface area contributed by atoms with E-state index < -0.39 is 0 Å². The van der Waals surface area contributed by atoms with Crippen LogP contribution in [0.4, 0.5) is 0 Å². The standard InChI is InChI=1S/C9H8BrN3O2S/c10-7-3-6(4-16-7)9(14)11-2-1-8-12-5-13-15-8/h3-5H,1-2H2,(H,11,14). The third-order valence-corrected chi connectivity index (χ3v) is 3.37. The van der Waals surface area contributed by atoms with E-state index in [0.717, 1.165) is 3.79 Å². The van der Waals surface area contributed by atoms with E-state index in [2.05, 4.69) is 31.4 Å². The van der Waals surface area contributed by atoms with Crippen molar-refractivity contribution in [1.29, 1.82) is 0 Å². The second-order valence-corrected chi connectivity index (χ2v) is 5.27. The third kappa shape index (κ3) is 2.89. The average Bonchev–Trinajstić information content (AvgIpc) is 2.89. The third-order valence-electron chi connectivity index (χ3n) is 1.86. The van der Waals surface area contributed by atoms with Crippen molar-refractivity contribution in [3.63, 3.8) is 0 Å². The minimum absolute atomic E-state index is 0.0959. The molecule has 0 aliphatic carbocycles. The lowest BCUT2D eigenvalue weighted by molar-refractivity contribution is 0.0954. The number of thiophene rings is 1. The SMILES string of the molecule is O=C(NCCc1ncno1)c1csc(Br)c1. The fourth-order valence-electron chi connectivity index (χ4n) is 1.12. The van der Waals surface area contributed by atoms with Crippen LogP contribution >= 0.6 is 27.3 Å². The van der Waals surface area contributed by atoms with Crippen LogP contribution in [0.15, 0.2) is 26.1 Å². The minimum Gasteiger partial charge on any atom is -0.351 e. The molecular formula is C9H8BrN3O2S. The zero-order chi connectivity index (χ0) is 11.4. The molecule has 2 heterocycles. The van der Waals surface area contributed by atoms with E-state index in [1.54, 1.807) is 11.4 Å². The van der Waals surface area contributed by atoms with E-state index >= 15 is 0 Å². The number of rotatable bonds is 4. The van der Waals surface area contributed by atoms with Crippen molar-refractivity contribution in [2.24, 2.45) is 0 Å². The van der Waals surface area contributed by atoms with Crippen LogP contribution in [-0.4, -0.2) is 22.6 Å². The van der Waals surface area contributed by atoms with Gasteiger partial charge >= 0.3 is 0 Å². The minimum atomic E-state index is -0.0959. The van der Waals surface area contributed by atoms with Gasteiger partial charge in [0.2, 0.25) is 5.89 Å². The molecule has 2 rings (SSSR count). The fourth-order valence-corrected chi connectivity index (χ4v) is 2.26. The Balaban J connectivity index is 1.80. The summed E-state index contributed by atoms with van der Waals surface area (Å²) < 4.78 is 5.75. The highest BCUT2D eigenvalue weighted by Gasteiger charge is 2.07. The highest BCUT2D eigenvalue weighted by atomic mass is 79.9. The smallest absolute Gasteiger partial charge is 0.252 e. The van der Waals surface area contributed by atoms with E-state index in [4.69, 9.17) is 4.52 Å². The maximum atomic E-state index is 11.6. The molecule has 0 spiro atoms. The summed E-state index contributed by atoms with van der Waals surface area (Å²) in [5.41, 5.74) is 0.655. The molecule has 0 aliphatic rings. The number of aromatic nitrogens is 2. The fraction of sp³-hybridized carbons (Fsp3) is 0.222. The van der Waals surface area contributed by atoms with Crippen LogP contribution in [0.1, 0.15) is 16.2 Å². The molecular weight excluding hydrogens is 294 g/mol. The Morgan fingerprint density at radius 3 is 3.12 bits per heavy atom. The van der Waals surface area contributed by atoms with E-state index in [-0.39, 0.29) is 5.91 Å². The molecule has 0 aromatic carbocycles. The molecule has 0 radical (unpaired) electrons. The summed E-state index contributed by atoms with van der Waals surface area (Å²) in [6, 6.07) is 1.78. The Labute approximate surface area is 104 Å². The summed E-state index contributed by atoms with van der Waals surface area (Å²) in [4.78, 5) is 15.4. The van der Waals surface area contributed by atoms with Crippen molar-refractivity contribution in [1.82, 2.24) is 15.5 Å². The van der Waals surface area contributed by atoms with E-state index in [9.17, 15) is 4.79 Å². The molecule has 5 nitrogen and oxygen atoms in total. The lowest BCUT2D eigenvalue weighted by atomic mass is 10.3. The molecule has 0 saturated carbocycles. The van der Waals surface area contributed by atoms with Gasteiger partial charge in [-0.3, -0.25) is 4.79 Å². The molecule has 2 aromatic heterocycles. The van der Waals surface area contributed by atoms with E-state index in [1.807, 2.05) is 0 Å². The van der Waals surface area contributed by atoms with Gasteiger partial charge in [0.1, 0.15) is 0 Å². The van der Waals surface area contributed by atoms with Crippen LogP contribution in [0, 0.1) is 0 Å². The molecule has 1 N–H and O–H groups in total. The van der Waals surface area contributed by atoms with Gasteiger partial charge in [-0.2, -0.15) is 4.98 Å². The number of amides is 1. The van der Waals surface area contributed by atoms with Crippen molar-refractivity contribution < 1.29 is 9.32 Å². The Bertz CT molecular complexity index is 469. The lowest BCUT2D eigenvalue weighted by Gasteiger charge is -2.00. The van der Waals surface area contributed by atoms with Gasteiger partial charge in [0.15, 0.2) is 6.33 Å².